The Bertz CT molecular complexity index is 1300. The Morgan fingerprint density at radius 3 is 2.46 bits per heavy atom. The number of amides is 1. The van der Waals surface area contributed by atoms with E-state index in [1.165, 1.54) is 0 Å². The molecule has 39 heavy (non-hydrogen) atoms. The van der Waals surface area contributed by atoms with Gasteiger partial charge in [-0.05, 0) is 61.9 Å². The first kappa shape index (κ1) is 27.7. The van der Waals surface area contributed by atoms with Gasteiger partial charge < -0.3 is 10.2 Å². The summed E-state index contributed by atoms with van der Waals surface area (Å²) < 4.78 is 43.3. The van der Waals surface area contributed by atoms with E-state index in [1.54, 1.807) is 22.7 Å². The van der Waals surface area contributed by atoms with E-state index in [9.17, 15) is 18.0 Å². The summed E-state index contributed by atoms with van der Waals surface area (Å²) in [6, 6.07) is 12.4. The number of ether oxygens (including phenoxy) is 1. The molecule has 0 spiro atoms. The van der Waals surface area contributed by atoms with Crippen molar-refractivity contribution < 1.29 is 22.7 Å². The highest BCUT2D eigenvalue weighted by Gasteiger charge is 2.39. The number of aromatic nitrogens is 2. The molecule has 1 aliphatic carbocycles. The molecule has 3 aromatic rings. The molecule has 11 heteroatoms. The topological polar surface area (TPSA) is 62.1 Å². The summed E-state index contributed by atoms with van der Waals surface area (Å²) in [6.07, 6.45) is -0.554. The molecule has 0 atom stereocenters. The molecule has 1 saturated heterocycles. The molecule has 210 valence electrons. The summed E-state index contributed by atoms with van der Waals surface area (Å²) in [5, 5.41) is 3.54. The number of halogens is 4. The molecule has 1 aliphatic heterocycles. The molecule has 1 aromatic carbocycles. The van der Waals surface area contributed by atoms with E-state index in [0.717, 1.165) is 42.9 Å². The zero-order valence-corrected chi connectivity index (χ0v) is 22.8. The van der Waals surface area contributed by atoms with Gasteiger partial charge in [-0.1, -0.05) is 30.7 Å². The molecule has 0 unspecified atom stereocenters. The van der Waals surface area contributed by atoms with Crippen molar-refractivity contribution in [1.29, 1.82) is 0 Å². The van der Waals surface area contributed by atoms with Gasteiger partial charge in [-0.2, -0.15) is 0 Å². The van der Waals surface area contributed by atoms with Crippen LogP contribution in [-0.2, 0) is 17.7 Å². The maximum absolute atomic E-state index is 13.1. The van der Waals surface area contributed by atoms with Crippen LogP contribution in [0.2, 0.25) is 5.02 Å². The number of nitrogens with one attached hydrogen (secondary N) is 1. The Morgan fingerprint density at radius 2 is 1.82 bits per heavy atom. The van der Waals surface area contributed by atoms with E-state index in [-0.39, 0.29) is 5.91 Å². The molecule has 1 N–H and O–H groups in total. The summed E-state index contributed by atoms with van der Waals surface area (Å²) in [5.74, 6) is -0.198. The molecule has 0 bridgehead atoms. The van der Waals surface area contributed by atoms with Gasteiger partial charge >= 0.3 is 6.36 Å². The lowest BCUT2D eigenvalue weighted by atomic mass is 9.89. The number of imidazole rings is 1. The minimum Gasteiger partial charge on any atom is -0.369 e. The van der Waals surface area contributed by atoms with Crippen LogP contribution in [0.15, 0.2) is 42.6 Å². The van der Waals surface area contributed by atoms with Crippen LogP contribution < -0.4 is 10.2 Å². The second-order valence-corrected chi connectivity index (χ2v) is 10.8. The third-order valence-corrected chi connectivity index (χ3v) is 8.12. The first-order valence-electron chi connectivity index (χ1n) is 13.4. The number of anilines is 1. The van der Waals surface area contributed by atoms with E-state index < -0.39 is 12.5 Å². The number of nitrogens with zero attached hydrogens (tertiary/aromatic N) is 4. The molecule has 5 rings (SSSR count). The zero-order valence-electron chi connectivity index (χ0n) is 22.0. The molecular formula is C28H33ClF3N5O2. The maximum atomic E-state index is 13.1. The van der Waals surface area contributed by atoms with E-state index >= 15 is 0 Å². The van der Waals surface area contributed by atoms with Crippen LogP contribution in [0.4, 0.5) is 18.9 Å². The first-order chi connectivity index (χ1) is 18.6. The molecule has 1 amide bonds. The fourth-order valence-electron chi connectivity index (χ4n) is 5.63. The summed E-state index contributed by atoms with van der Waals surface area (Å²) in [4.78, 5) is 22.2. The number of carbonyl (C=O) groups is 1. The average molecular weight is 564 g/mol. The monoisotopic (exact) mass is 563 g/mol. The van der Waals surface area contributed by atoms with Crippen molar-refractivity contribution in [3.05, 3.63) is 64.6 Å². The molecule has 2 aliphatic rings. The Hall–Kier alpha value is -2.82. The van der Waals surface area contributed by atoms with Crippen LogP contribution >= 0.6 is 11.6 Å². The van der Waals surface area contributed by atoms with E-state index in [1.807, 2.05) is 19.1 Å². The van der Waals surface area contributed by atoms with E-state index in [0.29, 0.717) is 54.3 Å². The van der Waals surface area contributed by atoms with Crippen molar-refractivity contribution in [2.75, 3.05) is 25.0 Å². The lowest BCUT2D eigenvalue weighted by Crippen LogP contribution is -2.62. The summed E-state index contributed by atoms with van der Waals surface area (Å²) in [5.41, 5.74) is 3.98. The van der Waals surface area contributed by atoms with Gasteiger partial charge in [0.25, 0.3) is 5.91 Å². The molecule has 1 saturated carbocycles. The number of likely N-dealkylation sites (N-methyl/N-ethyl adjacent to an activating group) is 1. The summed E-state index contributed by atoms with van der Waals surface area (Å²) in [6.45, 7) is 4.15. The number of benzene rings is 1. The van der Waals surface area contributed by atoms with E-state index in [4.69, 9.17) is 11.6 Å². The standard InChI is InChI=1S/C28H33ClF3N5O2/c1-3-24-26(37-15-19(29)6-13-25(37)34-24)27(38)33-14-18-4-7-20(8-5-18)35(2)22-16-36(17-22)21-9-11-23(12-10-21)39-28(30,31)32/h4-8,13,15,21-23H,3,9-12,14,16-17H2,1-2H3,(H,33,38). The van der Waals surface area contributed by atoms with Gasteiger partial charge in [0.1, 0.15) is 11.3 Å². The van der Waals surface area contributed by atoms with Crippen molar-refractivity contribution in [3.63, 3.8) is 0 Å². The molecule has 7 nitrogen and oxygen atoms in total. The fourth-order valence-corrected chi connectivity index (χ4v) is 5.79. The lowest BCUT2D eigenvalue weighted by molar-refractivity contribution is -0.345. The minimum absolute atomic E-state index is 0.198. The maximum Gasteiger partial charge on any atom is 0.522 e. The van der Waals surface area contributed by atoms with Crippen LogP contribution in [0.1, 0.15) is 54.4 Å². The van der Waals surface area contributed by atoms with Crippen molar-refractivity contribution in [1.82, 2.24) is 19.6 Å². The van der Waals surface area contributed by atoms with Gasteiger partial charge in [0.2, 0.25) is 0 Å². The van der Waals surface area contributed by atoms with Crippen LogP contribution in [-0.4, -0.2) is 64.9 Å². The second kappa shape index (κ2) is 11.3. The average Bonchev–Trinajstić information content (AvgIpc) is 3.24. The Labute approximate surface area is 230 Å². The number of fused-ring (bicyclic) bond motifs is 1. The SMILES string of the molecule is CCc1nc2ccc(Cl)cn2c1C(=O)NCc1ccc(N(C)C2CN(C3CCC(OC(F)(F)F)CC3)C2)cc1. The van der Waals surface area contributed by atoms with Gasteiger partial charge in [-0.3, -0.25) is 18.8 Å². The van der Waals surface area contributed by atoms with Crippen molar-refractivity contribution in [2.24, 2.45) is 0 Å². The minimum atomic E-state index is -4.55. The second-order valence-electron chi connectivity index (χ2n) is 10.4. The van der Waals surface area contributed by atoms with Gasteiger partial charge in [0.05, 0.1) is 22.9 Å². The predicted octanol–water partition coefficient (Wildman–Crippen LogP) is 5.45. The number of pyridine rings is 1. The van der Waals surface area contributed by atoms with Gasteiger partial charge in [-0.25, -0.2) is 4.98 Å². The van der Waals surface area contributed by atoms with Gasteiger partial charge in [0, 0.05) is 44.6 Å². The lowest BCUT2D eigenvalue weighted by Gasteiger charge is -2.50. The molecule has 0 radical (unpaired) electrons. The van der Waals surface area contributed by atoms with E-state index in [2.05, 4.69) is 44.0 Å². The van der Waals surface area contributed by atoms with Crippen molar-refractivity contribution in [2.45, 2.75) is 70.1 Å². The molecule has 3 heterocycles. The van der Waals surface area contributed by atoms with Crippen LogP contribution in [0.5, 0.6) is 0 Å². The summed E-state index contributed by atoms with van der Waals surface area (Å²) >= 11 is 6.14. The van der Waals surface area contributed by atoms with Crippen LogP contribution in [0.3, 0.4) is 0 Å². The third-order valence-electron chi connectivity index (χ3n) is 7.90. The van der Waals surface area contributed by atoms with Crippen LogP contribution in [0, 0.1) is 0 Å². The Balaban J connectivity index is 1.11. The number of aryl methyl sites for hydroxylation is 1. The van der Waals surface area contributed by atoms with Crippen molar-refractivity contribution in [3.8, 4) is 0 Å². The number of rotatable bonds is 8. The smallest absolute Gasteiger partial charge is 0.369 e. The first-order valence-corrected chi connectivity index (χ1v) is 13.7. The zero-order chi connectivity index (χ0) is 27.7. The highest BCUT2D eigenvalue weighted by molar-refractivity contribution is 6.30. The fraction of sp³-hybridized carbons (Fsp3) is 0.500. The summed E-state index contributed by atoms with van der Waals surface area (Å²) in [7, 11) is 2.06. The number of alkyl halides is 3. The third kappa shape index (κ3) is 6.34. The van der Waals surface area contributed by atoms with Gasteiger partial charge in [0.15, 0.2) is 0 Å². The predicted molar refractivity (Wildman–Crippen MR) is 144 cm³/mol. The Morgan fingerprint density at radius 1 is 1.13 bits per heavy atom. The molecular weight excluding hydrogens is 531 g/mol. The molecule has 2 aromatic heterocycles. The number of hydrogen-bond acceptors (Lipinski definition) is 5. The Kier molecular flexibility index (Phi) is 8.07. The van der Waals surface area contributed by atoms with Crippen molar-refractivity contribution >= 4 is 28.8 Å². The number of hydrogen-bond donors (Lipinski definition) is 1. The van der Waals surface area contributed by atoms with Gasteiger partial charge in [-0.15, -0.1) is 13.2 Å². The molecule has 2 fully saturated rings. The van der Waals surface area contributed by atoms with Crippen LogP contribution in [0.25, 0.3) is 5.65 Å². The largest absolute Gasteiger partial charge is 0.522 e. The number of carbonyl (C=O) groups excluding carboxylic acids is 1. The normalized spacial score (nSPS) is 20.7. The number of likely N-dealkylation sites (tertiary alicyclic amines) is 1. The highest BCUT2D eigenvalue weighted by atomic mass is 35.5. The quantitative estimate of drug-likeness (QED) is 0.395. The highest BCUT2D eigenvalue weighted by Crippen LogP contribution is 2.33.